The zero-order valence-corrected chi connectivity index (χ0v) is 8.31. The summed E-state index contributed by atoms with van der Waals surface area (Å²) in [7, 11) is 0. The summed E-state index contributed by atoms with van der Waals surface area (Å²) < 4.78 is 36.9. The molecule has 0 amide bonds. The molecule has 0 aliphatic carbocycles. The SMILES string of the molecule is CC(C)(C)c1ccnc(C(F)(F)F)c1. The molecule has 0 aliphatic rings. The monoisotopic (exact) mass is 203 g/mol. The molecule has 0 saturated carbocycles. The number of pyridine rings is 1. The molecule has 0 N–H and O–H groups in total. The van der Waals surface area contributed by atoms with Crippen LogP contribution in [0.25, 0.3) is 0 Å². The maximum Gasteiger partial charge on any atom is 0.433 e. The molecule has 0 radical (unpaired) electrons. The zero-order chi connectivity index (χ0) is 11.0. The second-order valence-electron chi connectivity index (χ2n) is 4.18. The van der Waals surface area contributed by atoms with Gasteiger partial charge >= 0.3 is 6.18 Å². The van der Waals surface area contributed by atoms with Crippen LogP contribution >= 0.6 is 0 Å². The van der Waals surface area contributed by atoms with Crippen molar-refractivity contribution in [1.82, 2.24) is 4.98 Å². The summed E-state index contributed by atoms with van der Waals surface area (Å²) in [5.74, 6) is 0. The maximum atomic E-state index is 12.3. The first kappa shape index (κ1) is 11.0. The van der Waals surface area contributed by atoms with Gasteiger partial charge < -0.3 is 0 Å². The normalized spacial score (nSPS) is 13.0. The van der Waals surface area contributed by atoms with Gasteiger partial charge in [-0.3, -0.25) is 4.98 Å². The molecule has 0 saturated heterocycles. The number of alkyl halides is 3. The van der Waals surface area contributed by atoms with Crippen LogP contribution in [0.3, 0.4) is 0 Å². The van der Waals surface area contributed by atoms with Gasteiger partial charge in [0.05, 0.1) is 0 Å². The minimum atomic E-state index is -4.36. The summed E-state index contributed by atoms with van der Waals surface area (Å²) in [6.07, 6.45) is -3.16. The van der Waals surface area contributed by atoms with E-state index in [0.29, 0.717) is 5.56 Å². The number of hydrogen-bond donors (Lipinski definition) is 0. The Kier molecular flexibility index (Phi) is 2.56. The molecular formula is C10H12F3N. The fourth-order valence-electron chi connectivity index (χ4n) is 1.05. The summed E-state index contributed by atoms with van der Waals surface area (Å²) in [6, 6.07) is 2.70. The van der Waals surface area contributed by atoms with E-state index >= 15 is 0 Å². The van der Waals surface area contributed by atoms with E-state index in [1.165, 1.54) is 6.20 Å². The molecule has 1 heterocycles. The first-order valence-corrected chi connectivity index (χ1v) is 4.25. The Morgan fingerprint density at radius 2 is 1.71 bits per heavy atom. The smallest absolute Gasteiger partial charge is 0.252 e. The quantitative estimate of drug-likeness (QED) is 0.629. The molecule has 0 spiro atoms. The molecule has 1 aromatic rings. The van der Waals surface area contributed by atoms with Crippen LogP contribution in [-0.4, -0.2) is 4.98 Å². The van der Waals surface area contributed by atoms with Gasteiger partial charge in [-0.05, 0) is 23.1 Å². The molecule has 1 rings (SSSR count). The summed E-state index contributed by atoms with van der Waals surface area (Å²) in [4.78, 5) is 3.30. The highest BCUT2D eigenvalue weighted by molar-refractivity contribution is 5.24. The van der Waals surface area contributed by atoms with Gasteiger partial charge in [0.2, 0.25) is 0 Å². The molecule has 1 aromatic heterocycles. The second kappa shape index (κ2) is 3.26. The van der Waals surface area contributed by atoms with Gasteiger partial charge in [0.25, 0.3) is 0 Å². The Balaban J connectivity index is 3.15. The lowest BCUT2D eigenvalue weighted by Crippen LogP contribution is -2.15. The minimum Gasteiger partial charge on any atom is -0.252 e. The third-order valence-corrected chi connectivity index (χ3v) is 1.92. The molecule has 0 atom stereocenters. The van der Waals surface area contributed by atoms with Gasteiger partial charge in [0, 0.05) is 6.20 Å². The van der Waals surface area contributed by atoms with Crippen LogP contribution in [0.5, 0.6) is 0 Å². The molecule has 0 unspecified atom stereocenters. The Bertz CT molecular complexity index is 294. The lowest BCUT2D eigenvalue weighted by Gasteiger charge is -2.19. The number of nitrogens with zero attached hydrogens (tertiary/aromatic N) is 1. The Labute approximate surface area is 81.0 Å². The zero-order valence-electron chi connectivity index (χ0n) is 8.31. The number of rotatable bonds is 0. The lowest BCUT2D eigenvalue weighted by molar-refractivity contribution is -0.141. The fourth-order valence-corrected chi connectivity index (χ4v) is 1.05. The maximum absolute atomic E-state index is 12.3. The van der Waals surface area contributed by atoms with Gasteiger partial charge in [0.15, 0.2) is 0 Å². The molecule has 0 fully saturated rings. The van der Waals surface area contributed by atoms with Crippen LogP contribution in [0.2, 0.25) is 0 Å². The van der Waals surface area contributed by atoms with Crippen molar-refractivity contribution in [3.05, 3.63) is 29.6 Å². The number of aromatic nitrogens is 1. The van der Waals surface area contributed by atoms with E-state index in [1.807, 2.05) is 20.8 Å². The van der Waals surface area contributed by atoms with E-state index in [2.05, 4.69) is 4.98 Å². The van der Waals surface area contributed by atoms with E-state index in [-0.39, 0.29) is 5.41 Å². The summed E-state index contributed by atoms with van der Waals surface area (Å²) in [6.45, 7) is 5.59. The van der Waals surface area contributed by atoms with Gasteiger partial charge in [-0.2, -0.15) is 13.2 Å². The van der Waals surface area contributed by atoms with Gasteiger partial charge in [-0.25, -0.2) is 0 Å². The third-order valence-electron chi connectivity index (χ3n) is 1.92. The van der Waals surface area contributed by atoms with E-state index in [4.69, 9.17) is 0 Å². The predicted octanol–water partition coefficient (Wildman–Crippen LogP) is 3.40. The molecule has 78 valence electrons. The van der Waals surface area contributed by atoms with Crippen molar-refractivity contribution >= 4 is 0 Å². The number of halogens is 3. The van der Waals surface area contributed by atoms with Crippen LogP contribution in [-0.2, 0) is 11.6 Å². The van der Waals surface area contributed by atoms with Crippen molar-refractivity contribution in [2.45, 2.75) is 32.4 Å². The molecule has 0 aliphatic heterocycles. The summed E-state index contributed by atoms with van der Waals surface area (Å²) in [5.41, 5.74) is -0.479. The van der Waals surface area contributed by atoms with Crippen molar-refractivity contribution in [2.75, 3.05) is 0 Å². The van der Waals surface area contributed by atoms with Gasteiger partial charge in [-0.15, -0.1) is 0 Å². The Morgan fingerprint density at radius 3 is 2.14 bits per heavy atom. The summed E-state index contributed by atoms with van der Waals surface area (Å²) in [5, 5.41) is 0. The minimum absolute atomic E-state index is 0.289. The number of hydrogen-bond acceptors (Lipinski definition) is 1. The second-order valence-corrected chi connectivity index (χ2v) is 4.18. The Morgan fingerprint density at radius 1 is 1.14 bits per heavy atom. The van der Waals surface area contributed by atoms with Crippen molar-refractivity contribution in [3.8, 4) is 0 Å². The molecule has 1 nitrogen and oxygen atoms in total. The standard InChI is InChI=1S/C10H12F3N/c1-9(2,3)7-4-5-14-8(6-7)10(11,12)13/h4-6H,1-3H3. The van der Waals surface area contributed by atoms with E-state index in [1.54, 1.807) is 6.07 Å². The van der Waals surface area contributed by atoms with Crippen molar-refractivity contribution in [1.29, 1.82) is 0 Å². The van der Waals surface area contributed by atoms with Crippen molar-refractivity contribution < 1.29 is 13.2 Å². The fraction of sp³-hybridized carbons (Fsp3) is 0.500. The molecule has 14 heavy (non-hydrogen) atoms. The van der Waals surface area contributed by atoms with Crippen LogP contribution in [0.4, 0.5) is 13.2 Å². The van der Waals surface area contributed by atoms with Gasteiger partial charge in [-0.1, -0.05) is 20.8 Å². The highest BCUT2D eigenvalue weighted by Crippen LogP contribution is 2.30. The van der Waals surface area contributed by atoms with Crippen LogP contribution in [0.15, 0.2) is 18.3 Å². The molecule has 0 bridgehead atoms. The van der Waals surface area contributed by atoms with E-state index in [0.717, 1.165) is 6.07 Å². The molecule has 0 aromatic carbocycles. The first-order valence-electron chi connectivity index (χ1n) is 4.25. The molecular weight excluding hydrogens is 191 g/mol. The van der Waals surface area contributed by atoms with Gasteiger partial charge in [0.1, 0.15) is 5.69 Å². The van der Waals surface area contributed by atoms with E-state index in [9.17, 15) is 13.2 Å². The largest absolute Gasteiger partial charge is 0.433 e. The first-order chi connectivity index (χ1) is 6.21. The van der Waals surface area contributed by atoms with Crippen LogP contribution < -0.4 is 0 Å². The van der Waals surface area contributed by atoms with Crippen LogP contribution in [0.1, 0.15) is 32.0 Å². The Hall–Kier alpha value is -1.06. The summed E-state index contributed by atoms with van der Waals surface area (Å²) >= 11 is 0. The predicted molar refractivity (Wildman–Crippen MR) is 47.9 cm³/mol. The van der Waals surface area contributed by atoms with Crippen molar-refractivity contribution in [3.63, 3.8) is 0 Å². The highest BCUT2D eigenvalue weighted by Gasteiger charge is 2.33. The topological polar surface area (TPSA) is 12.9 Å². The molecule has 4 heteroatoms. The average Bonchev–Trinajstić information content (AvgIpc) is 2.01. The third kappa shape index (κ3) is 2.47. The highest BCUT2D eigenvalue weighted by atomic mass is 19.4. The lowest BCUT2D eigenvalue weighted by atomic mass is 9.87. The van der Waals surface area contributed by atoms with E-state index < -0.39 is 11.9 Å². The van der Waals surface area contributed by atoms with Crippen molar-refractivity contribution in [2.24, 2.45) is 0 Å². The van der Waals surface area contributed by atoms with Crippen LogP contribution in [0, 0.1) is 0 Å². The average molecular weight is 203 g/mol.